The van der Waals surface area contributed by atoms with Crippen molar-refractivity contribution in [2.45, 2.75) is 25.3 Å². The van der Waals surface area contributed by atoms with E-state index in [9.17, 15) is 9.18 Å². The zero-order valence-electron chi connectivity index (χ0n) is 14.3. The number of amides is 1. The summed E-state index contributed by atoms with van der Waals surface area (Å²) in [5.41, 5.74) is 2.57. The van der Waals surface area contributed by atoms with Crippen molar-refractivity contribution in [3.8, 4) is 11.1 Å². The predicted molar refractivity (Wildman–Crippen MR) is 97.0 cm³/mol. The normalized spacial score (nSPS) is 18.8. The third-order valence-corrected chi connectivity index (χ3v) is 5.34. The average Bonchev–Trinajstić information content (AvgIpc) is 2.62. The van der Waals surface area contributed by atoms with Crippen molar-refractivity contribution >= 4 is 5.91 Å². The van der Waals surface area contributed by atoms with Crippen molar-refractivity contribution in [1.82, 2.24) is 9.80 Å². The van der Waals surface area contributed by atoms with E-state index < -0.39 is 0 Å². The monoisotopic (exact) mass is 338 g/mol. The van der Waals surface area contributed by atoms with E-state index in [4.69, 9.17) is 0 Å². The van der Waals surface area contributed by atoms with Gasteiger partial charge >= 0.3 is 0 Å². The van der Waals surface area contributed by atoms with Crippen LogP contribution in [-0.2, 0) is 0 Å². The molecule has 0 N–H and O–H groups in total. The van der Waals surface area contributed by atoms with Gasteiger partial charge in [0, 0.05) is 24.7 Å². The minimum absolute atomic E-state index is 0.0946. The van der Waals surface area contributed by atoms with Crippen molar-refractivity contribution in [2.24, 2.45) is 0 Å². The molecule has 3 nitrogen and oxygen atoms in total. The van der Waals surface area contributed by atoms with Gasteiger partial charge in [-0.1, -0.05) is 30.7 Å². The lowest BCUT2D eigenvalue weighted by atomic mass is 9.99. The quantitative estimate of drug-likeness (QED) is 0.850. The summed E-state index contributed by atoms with van der Waals surface area (Å²) in [5.74, 6) is -0.155. The highest BCUT2D eigenvalue weighted by molar-refractivity contribution is 5.96. The van der Waals surface area contributed by atoms with E-state index in [1.165, 1.54) is 44.5 Å². The molecule has 4 rings (SSSR count). The number of piperidine rings is 1. The van der Waals surface area contributed by atoms with Crippen molar-refractivity contribution < 1.29 is 9.18 Å². The lowest BCUT2D eigenvalue weighted by Crippen LogP contribution is -2.61. The topological polar surface area (TPSA) is 23.6 Å². The first-order chi connectivity index (χ1) is 12.2. The Balaban J connectivity index is 1.43. The van der Waals surface area contributed by atoms with Crippen LogP contribution in [0.5, 0.6) is 0 Å². The van der Waals surface area contributed by atoms with E-state index in [1.807, 2.05) is 29.2 Å². The summed E-state index contributed by atoms with van der Waals surface area (Å²) >= 11 is 0. The van der Waals surface area contributed by atoms with Gasteiger partial charge in [-0.05, 0) is 61.3 Å². The molecular weight excluding hydrogens is 315 g/mol. The molecule has 1 amide bonds. The number of benzene rings is 2. The molecule has 2 aromatic rings. The molecular formula is C21H23FN2O. The van der Waals surface area contributed by atoms with E-state index in [2.05, 4.69) is 4.90 Å². The SMILES string of the molecule is O=C(c1cccc(-c2ccc(F)cc2)c1)N1CC(N2CCCCC2)C1. The Morgan fingerprint density at radius 1 is 0.920 bits per heavy atom. The van der Waals surface area contributed by atoms with E-state index in [1.54, 1.807) is 12.1 Å². The first-order valence-corrected chi connectivity index (χ1v) is 9.10. The summed E-state index contributed by atoms with van der Waals surface area (Å²) < 4.78 is 13.1. The molecule has 130 valence electrons. The molecule has 0 atom stereocenters. The second kappa shape index (κ2) is 6.96. The van der Waals surface area contributed by atoms with E-state index in [-0.39, 0.29) is 11.7 Å². The third-order valence-electron chi connectivity index (χ3n) is 5.34. The first kappa shape index (κ1) is 16.3. The van der Waals surface area contributed by atoms with Gasteiger partial charge in [-0.3, -0.25) is 9.69 Å². The van der Waals surface area contributed by atoms with Crippen molar-refractivity contribution in [1.29, 1.82) is 0 Å². The van der Waals surface area contributed by atoms with Gasteiger partial charge in [-0.15, -0.1) is 0 Å². The molecule has 2 fully saturated rings. The fourth-order valence-corrected chi connectivity index (χ4v) is 3.79. The van der Waals surface area contributed by atoms with Gasteiger partial charge in [-0.2, -0.15) is 0 Å². The molecule has 2 aliphatic rings. The van der Waals surface area contributed by atoms with Gasteiger partial charge in [0.05, 0.1) is 0 Å². The lowest BCUT2D eigenvalue weighted by Gasteiger charge is -2.46. The van der Waals surface area contributed by atoms with Gasteiger partial charge in [0.1, 0.15) is 5.82 Å². The van der Waals surface area contributed by atoms with Crippen LogP contribution in [0.4, 0.5) is 4.39 Å². The number of halogens is 1. The molecule has 2 saturated heterocycles. The highest BCUT2D eigenvalue weighted by Gasteiger charge is 2.35. The van der Waals surface area contributed by atoms with Gasteiger partial charge in [0.15, 0.2) is 0 Å². The van der Waals surface area contributed by atoms with Crippen LogP contribution in [0.3, 0.4) is 0 Å². The fourth-order valence-electron chi connectivity index (χ4n) is 3.79. The molecule has 0 unspecified atom stereocenters. The maximum Gasteiger partial charge on any atom is 0.253 e. The summed E-state index contributed by atoms with van der Waals surface area (Å²) in [6.07, 6.45) is 3.90. The second-order valence-corrected chi connectivity index (χ2v) is 7.05. The van der Waals surface area contributed by atoms with Gasteiger partial charge in [0.2, 0.25) is 0 Å². The molecule has 4 heteroatoms. The summed E-state index contributed by atoms with van der Waals surface area (Å²) in [5, 5.41) is 0. The molecule has 0 spiro atoms. The molecule has 2 aromatic carbocycles. The maximum absolute atomic E-state index is 13.1. The highest BCUT2D eigenvalue weighted by Crippen LogP contribution is 2.24. The van der Waals surface area contributed by atoms with Crippen LogP contribution in [0.15, 0.2) is 48.5 Å². The predicted octanol–water partition coefficient (Wildman–Crippen LogP) is 3.80. The van der Waals surface area contributed by atoms with Crippen molar-refractivity contribution in [3.63, 3.8) is 0 Å². The van der Waals surface area contributed by atoms with Crippen LogP contribution in [0, 0.1) is 5.82 Å². The van der Waals surface area contributed by atoms with Crippen LogP contribution in [0.1, 0.15) is 29.6 Å². The van der Waals surface area contributed by atoms with Crippen molar-refractivity contribution in [3.05, 3.63) is 59.9 Å². The Kier molecular flexibility index (Phi) is 4.53. The molecule has 0 aromatic heterocycles. The minimum atomic E-state index is -0.250. The van der Waals surface area contributed by atoms with Crippen LogP contribution in [0.25, 0.3) is 11.1 Å². The molecule has 0 saturated carbocycles. The number of likely N-dealkylation sites (tertiary alicyclic amines) is 2. The second-order valence-electron chi connectivity index (χ2n) is 7.05. The number of carbonyl (C=O) groups is 1. The van der Waals surface area contributed by atoms with Crippen LogP contribution < -0.4 is 0 Å². The lowest BCUT2D eigenvalue weighted by molar-refractivity contribution is 0.0203. The standard InChI is InChI=1S/C21H23FN2O/c22-19-9-7-16(8-10-19)17-5-4-6-18(13-17)21(25)24-14-20(15-24)23-11-2-1-3-12-23/h4-10,13,20H,1-3,11-12,14-15H2. The molecule has 25 heavy (non-hydrogen) atoms. The largest absolute Gasteiger partial charge is 0.335 e. The number of carbonyl (C=O) groups excluding carboxylic acids is 1. The number of hydrogen-bond acceptors (Lipinski definition) is 2. The molecule has 2 heterocycles. The molecule has 0 bridgehead atoms. The van der Waals surface area contributed by atoms with Crippen LogP contribution >= 0.6 is 0 Å². The summed E-state index contributed by atoms with van der Waals surface area (Å²) in [7, 11) is 0. The third kappa shape index (κ3) is 3.45. The van der Waals surface area contributed by atoms with Gasteiger partial charge in [0.25, 0.3) is 5.91 Å². The van der Waals surface area contributed by atoms with Crippen molar-refractivity contribution in [2.75, 3.05) is 26.2 Å². The number of nitrogens with zero attached hydrogens (tertiary/aromatic N) is 2. The summed E-state index contributed by atoms with van der Waals surface area (Å²) in [4.78, 5) is 17.2. The molecule has 0 radical (unpaired) electrons. The van der Waals surface area contributed by atoms with Crippen LogP contribution in [0.2, 0.25) is 0 Å². The van der Waals surface area contributed by atoms with Crippen LogP contribution in [-0.4, -0.2) is 47.9 Å². The summed E-state index contributed by atoms with van der Waals surface area (Å²) in [6, 6.07) is 14.5. The van der Waals surface area contributed by atoms with E-state index in [0.29, 0.717) is 11.6 Å². The maximum atomic E-state index is 13.1. The summed E-state index contributed by atoms with van der Waals surface area (Å²) in [6.45, 7) is 4.01. The van der Waals surface area contributed by atoms with E-state index >= 15 is 0 Å². The Morgan fingerprint density at radius 2 is 1.64 bits per heavy atom. The smallest absolute Gasteiger partial charge is 0.253 e. The zero-order valence-corrected chi connectivity index (χ0v) is 14.3. The highest BCUT2D eigenvalue weighted by atomic mass is 19.1. The average molecular weight is 338 g/mol. The molecule has 0 aliphatic carbocycles. The Bertz CT molecular complexity index is 747. The Labute approximate surface area is 148 Å². The fraction of sp³-hybridized carbons (Fsp3) is 0.381. The Morgan fingerprint density at radius 3 is 2.36 bits per heavy atom. The number of hydrogen-bond donors (Lipinski definition) is 0. The van der Waals surface area contributed by atoms with Gasteiger partial charge < -0.3 is 4.90 Å². The first-order valence-electron chi connectivity index (χ1n) is 9.10. The zero-order chi connectivity index (χ0) is 17.2. The Hall–Kier alpha value is -2.20. The molecule has 2 aliphatic heterocycles. The minimum Gasteiger partial charge on any atom is -0.335 e. The van der Waals surface area contributed by atoms with Gasteiger partial charge in [-0.25, -0.2) is 4.39 Å². The van der Waals surface area contributed by atoms with E-state index in [0.717, 1.165) is 24.2 Å². The number of rotatable bonds is 3.